The summed E-state index contributed by atoms with van der Waals surface area (Å²) < 4.78 is 10.9. The highest BCUT2D eigenvalue weighted by atomic mass is 32.2. The molecule has 0 atom stereocenters. The molecule has 0 fully saturated rings. The number of methoxy groups -OCH3 is 1. The first kappa shape index (κ1) is 19.2. The van der Waals surface area contributed by atoms with Gasteiger partial charge >= 0.3 is 0 Å². The highest BCUT2D eigenvalue weighted by Crippen LogP contribution is 2.16. The van der Waals surface area contributed by atoms with Crippen LogP contribution in [0.2, 0.25) is 0 Å². The third kappa shape index (κ3) is 7.10. The Hall–Kier alpha value is -2.14. The van der Waals surface area contributed by atoms with E-state index in [4.69, 9.17) is 9.47 Å². The smallest absolute Gasteiger partial charge is 0.230 e. The standard InChI is InChI=1S/C20H25NO3S/c1-15-9-16(2)11-19(10-15)24-7-8-25-14-20(22)21-13-17-5-4-6-18(12-17)23-3/h4-6,9-12H,7-8,13-14H2,1-3H3,(H,21,22). The van der Waals surface area contributed by atoms with Crippen LogP contribution in [0.25, 0.3) is 0 Å². The Morgan fingerprint density at radius 3 is 2.56 bits per heavy atom. The molecular weight excluding hydrogens is 334 g/mol. The van der Waals surface area contributed by atoms with E-state index in [0.717, 1.165) is 22.8 Å². The van der Waals surface area contributed by atoms with Crippen LogP contribution in [0.5, 0.6) is 11.5 Å². The van der Waals surface area contributed by atoms with Crippen LogP contribution in [0.1, 0.15) is 16.7 Å². The lowest BCUT2D eigenvalue weighted by atomic mass is 10.1. The molecule has 0 heterocycles. The Morgan fingerprint density at radius 1 is 1.08 bits per heavy atom. The van der Waals surface area contributed by atoms with Crippen LogP contribution in [0.3, 0.4) is 0 Å². The number of rotatable bonds is 9. The van der Waals surface area contributed by atoms with Crippen LogP contribution in [0, 0.1) is 13.8 Å². The fourth-order valence-electron chi connectivity index (χ4n) is 2.43. The molecule has 0 saturated heterocycles. The molecule has 5 heteroatoms. The van der Waals surface area contributed by atoms with Crippen molar-refractivity contribution in [2.24, 2.45) is 0 Å². The number of aryl methyl sites for hydroxylation is 2. The van der Waals surface area contributed by atoms with Crippen molar-refractivity contribution in [3.63, 3.8) is 0 Å². The number of carbonyl (C=O) groups is 1. The predicted molar refractivity (Wildman–Crippen MR) is 104 cm³/mol. The number of amides is 1. The molecule has 0 bridgehead atoms. The van der Waals surface area contributed by atoms with Gasteiger partial charge in [0.2, 0.25) is 5.91 Å². The van der Waals surface area contributed by atoms with Crippen LogP contribution in [0.4, 0.5) is 0 Å². The lowest BCUT2D eigenvalue weighted by Crippen LogP contribution is -2.25. The van der Waals surface area contributed by atoms with Gasteiger partial charge in [0.25, 0.3) is 0 Å². The SMILES string of the molecule is COc1cccc(CNC(=O)CSCCOc2cc(C)cc(C)c2)c1. The molecule has 0 unspecified atom stereocenters. The third-order valence-corrected chi connectivity index (χ3v) is 4.47. The summed E-state index contributed by atoms with van der Waals surface area (Å²) in [5.74, 6) is 2.92. The molecule has 2 aromatic carbocycles. The minimum absolute atomic E-state index is 0.0271. The first-order valence-electron chi connectivity index (χ1n) is 8.25. The minimum atomic E-state index is 0.0271. The number of benzene rings is 2. The van der Waals surface area contributed by atoms with E-state index in [2.05, 4.69) is 25.2 Å². The van der Waals surface area contributed by atoms with Crippen LogP contribution in [-0.4, -0.2) is 31.1 Å². The van der Waals surface area contributed by atoms with E-state index in [1.54, 1.807) is 18.9 Å². The molecule has 0 saturated carbocycles. The van der Waals surface area contributed by atoms with Crippen LogP contribution < -0.4 is 14.8 Å². The maximum absolute atomic E-state index is 11.9. The Labute approximate surface area is 153 Å². The summed E-state index contributed by atoms with van der Waals surface area (Å²) in [6, 6.07) is 13.9. The van der Waals surface area contributed by atoms with E-state index in [9.17, 15) is 4.79 Å². The van der Waals surface area contributed by atoms with Gasteiger partial charge in [-0.15, -0.1) is 11.8 Å². The fourth-order valence-corrected chi connectivity index (χ4v) is 3.07. The Kier molecular flexibility index (Phi) is 7.67. The van der Waals surface area contributed by atoms with E-state index in [-0.39, 0.29) is 5.91 Å². The maximum Gasteiger partial charge on any atom is 0.230 e. The molecule has 1 amide bonds. The van der Waals surface area contributed by atoms with Gasteiger partial charge < -0.3 is 14.8 Å². The summed E-state index contributed by atoms with van der Waals surface area (Å²) in [6.45, 7) is 5.22. The van der Waals surface area contributed by atoms with Gasteiger partial charge in [0.1, 0.15) is 11.5 Å². The molecule has 0 aliphatic heterocycles. The van der Waals surface area contributed by atoms with E-state index in [1.165, 1.54) is 11.1 Å². The summed E-state index contributed by atoms with van der Waals surface area (Å²) in [4.78, 5) is 11.9. The summed E-state index contributed by atoms with van der Waals surface area (Å²) in [6.07, 6.45) is 0. The minimum Gasteiger partial charge on any atom is -0.497 e. The van der Waals surface area contributed by atoms with Gasteiger partial charge in [-0.25, -0.2) is 0 Å². The van der Waals surface area contributed by atoms with Crippen LogP contribution >= 0.6 is 11.8 Å². The molecule has 0 aliphatic rings. The topological polar surface area (TPSA) is 47.6 Å². The van der Waals surface area contributed by atoms with Gasteiger partial charge in [-0.2, -0.15) is 0 Å². The van der Waals surface area contributed by atoms with Crippen molar-refractivity contribution in [3.05, 3.63) is 59.2 Å². The Balaban J connectivity index is 1.62. The fraction of sp³-hybridized carbons (Fsp3) is 0.350. The van der Waals surface area contributed by atoms with Crippen molar-refractivity contribution in [1.82, 2.24) is 5.32 Å². The second-order valence-corrected chi connectivity index (χ2v) is 6.96. The van der Waals surface area contributed by atoms with Crippen molar-refractivity contribution in [2.45, 2.75) is 20.4 Å². The maximum atomic E-state index is 11.9. The van der Waals surface area contributed by atoms with Gasteiger partial charge in [0.15, 0.2) is 0 Å². The van der Waals surface area contributed by atoms with Gasteiger partial charge in [0, 0.05) is 12.3 Å². The van der Waals surface area contributed by atoms with Crippen molar-refractivity contribution >= 4 is 17.7 Å². The molecule has 2 rings (SSSR count). The monoisotopic (exact) mass is 359 g/mol. The zero-order chi connectivity index (χ0) is 18.1. The van der Waals surface area contributed by atoms with Gasteiger partial charge in [0.05, 0.1) is 19.5 Å². The van der Waals surface area contributed by atoms with Crippen molar-refractivity contribution in [3.8, 4) is 11.5 Å². The number of carbonyl (C=O) groups excluding carboxylic acids is 1. The van der Waals surface area contributed by atoms with Crippen LogP contribution in [-0.2, 0) is 11.3 Å². The number of nitrogens with one attached hydrogen (secondary N) is 1. The average molecular weight is 359 g/mol. The third-order valence-electron chi connectivity index (χ3n) is 3.55. The second-order valence-electron chi connectivity index (χ2n) is 5.85. The molecule has 2 aromatic rings. The van der Waals surface area contributed by atoms with E-state index >= 15 is 0 Å². The Bertz CT molecular complexity index is 683. The molecule has 4 nitrogen and oxygen atoms in total. The molecule has 0 radical (unpaired) electrons. The number of hydrogen-bond donors (Lipinski definition) is 1. The highest BCUT2D eigenvalue weighted by molar-refractivity contribution is 7.99. The van der Waals surface area contributed by atoms with Gasteiger partial charge in [-0.1, -0.05) is 18.2 Å². The summed E-state index contributed by atoms with van der Waals surface area (Å²) in [7, 11) is 1.63. The highest BCUT2D eigenvalue weighted by Gasteiger charge is 2.03. The number of thioether (sulfide) groups is 1. The normalized spacial score (nSPS) is 10.4. The van der Waals surface area contributed by atoms with E-state index in [0.29, 0.717) is 18.9 Å². The largest absolute Gasteiger partial charge is 0.497 e. The van der Waals surface area contributed by atoms with E-state index in [1.807, 2.05) is 36.4 Å². The molecule has 0 aromatic heterocycles. The first-order valence-corrected chi connectivity index (χ1v) is 9.41. The molecular formula is C20H25NO3S. The second kappa shape index (κ2) is 9.99. The molecule has 0 aliphatic carbocycles. The molecule has 134 valence electrons. The number of ether oxygens (including phenoxy) is 2. The first-order chi connectivity index (χ1) is 12.1. The van der Waals surface area contributed by atoms with Crippen molar-refractivity contribution in [1.29, 1.82) is 0 Å². The molecule has 1 N–H and O–H groups in total. The lowest BCUT2D eigenvalue weighted by molar-refractivity contribution is -0.118. The zero-order valence-electron chi connectivity index (χ0n) is 15.0. The van der Waals surface area contributed by atoms with Crippen LogP contribution in [0.15, 0.2) is 42.5 Å². The van der Waals surface area contributed by atoms with E-state index < -0.39 is 0 Å². The summed E-state index contributed by atoms with van der Waals surface area (Å²) >= 11 is 1.57. The molecule has 25 heavy (non-hydrogen) atoms. The van der Waals surface area contributed by atoms with Crippen molar-refractivity contribution < 1.29 is 14.3 Å². The van der Waals surface area contributed by atoms with Gasteiger partial charge in [-0.05, 0) is 54.8 Å². The zero-order valence-corrected chi connectivity index (χ0v) is 15.8. The summed E-state index contributed by atoms with van der Waals surface area (Å²) in [5, 5.41) is 2.92. The lowest BCUT2D eigenvalue weighted by Gasteiger charge is -2.09. The molecule has 0 spiro atoms. The average Bonchev–Trinajstić information content (AvgIpc) is 2.59. The van der Waals surface area contributed by atoms with Crippen molar-refractivity contribution in [2.75, 3.05) is 25.2 Å². The number of hydrogen-bond acceptors (Lipinski definition) is 4. The quantitative estimate of drug-likeness (QED) is 0.693. The summed E-state index contributed by atoms with van der Waals surface area (Å²) in [5.41, 5.74) is 3.41. The van der Waals surface area contributed by atoms with Gasteiger partial charge in [-0.3, -0.25) is 4.79 Å². The Morgan fingerprint density at radius 2 is 1.84 bits per heavy atom. The predicted octanol–water partition coefficient (Wildman–Crippen LogP) is 3.74.